The van der Waals surface area contributed by atoms with Gasteiger partial charge in [-0.1, -0.05) is 11.8 Å². The number of hydrogen-bond acceptors (Lipinski definition) is 2. The van der Waals surface area contributed by atoms with Crippen molar-refractivity contribution in [1.82, 2.24) is 5.32 Å². The second kappa shape index (κ2) is 5.09. The van der Waals surface area contributed by atoms with Crippen LogP contribution in [0.4, 0.5) is 8.78 Å². The minimum Gasteiger partial charge on any atom is -0.309 e. The van der Waals surface area contributed by atoms with Crippen molar-refractivity contribution in [3.05, 3.63) is 34.9 Å². The van der Waals surface area contributed by atoms with E-state index in [4.69, 9.17) is 5.26 Å². The first-order valence-electron chi connectivity index (χ1n) is 4.21. The van der Waals surface area contributed by atoms with E-state index in [9.17, 15) is 8.78 Å². The van der Waals surface area contributed by atoms with Gasteiger partial charge in [-0.2, -0.15) is 5.26 Å². The van der Waals surface area contributed by atoms with Crippen LogP contribution in [-0.4, -0.2) is 13.6 Å². The van der Waals surface area contributed by atoms with E-state index < -0.39 is 17.2 Å². The second-order valence-electron chi connectivity index (χ2n) is 2.76. The summed E-state index contributed by atoms with van der Waals surface area (Å²) in [7, 11) is 1.72. The summed E-state index contributed by atoms with van der Waals surface area (Å²) >= 11 is 0. The molecule has 2 nitrogen and oxygen atoms in total. The quantitative estimate of drug-likeness (QED) is 0.705. The van der Waals surface area contributed by atoms with Crippen LogP contribution in [0.2, 0.25) is 0 Å². The molecule has 0 unspecified atom stereocenters. The first-order chi connectivity index (χ1) is 7.19. The molecule has 0 heterocycles. The van der Waals surface area contributed by atoms with Gasteiger partial charge in [0.2, 0.25) is 0 Å². The highest BCUT2D eigenvalue weighted by Crippen LogP contribution is 2.13. The van der Waals surface area contributed by atoms with Crippen molar-refractivity contribution in [1.29, 1.82) is 5.26 Å². The molecule has 1 rings (SSSR count). The summed E-state index contributed by atoms with van der Waals surface area (Å²) in [6.07, 6.45) is 0. The summed E-state index contributed by atoms with van der Waals surface area (Å²) in [5.74, 6) is 3.48. The standard InChI is InChI=1S/C11H8F2N2/c1-15-4-2-3-8-5-10(12)9(7-14)11(13)6-8/h5-6,15H,4H2,1H3. The first kappa shape index (κ1) is 11.2. The average molecular weight is 206 g/mol. The highest BCUT2D eigenvalue weighted by Gasteiger charge is 2.09. The number of benzene rings is 1. The zero-order chi connectivity index (χ0) is 11.3. The van der Waals surface area contributed by atoms with Crippen molar-refractivity contribution in [3.8, 4) is 17.9 Å². The van der Waals surface area contributed by atoms with E-state index >= 15 is 0 Å². The Kier molecular flexibility index (Phi) is 3.79. The van der Waals surface area contributed by atoms with E-state index in [1.54, 1.807) is 7.05 Å². The van der Waals surface area contributed by atoms with Gasteiger partial charge in [-0.25, -0.2) is 8.78 Å². The van der Waals surface area contributed by atoms with Crippen molar-refractivity contribution in [3.63, 3.8) is 0 Å². The summed E-state index contributed by atoms with van der Waals surface area (Å²) in [6, 6.07) is 3.54. The molecule has 0 saturated heterocycles. The summed E-state index contributed by atoms with van der Waals surface area (Å²) in [4.78, 5) is 0. The maximum Gasteiger partial charge on any atom is 0.145 e. The van der Waals surface area contributed by atoms with E-state index in [1.807, 2.05) is 0 Å². The van der Waals surface area contributed by atoms with Gasteiger partial charge < -0.3 is 5.32 Å². The summed E-state index contributed by atoms with van der Waals surface area (Å²) in [6.45, 7) is 0.434. The molecule has 0 amide bonds. The fourth-order valence-corrected chi connectivity index (χ4v) is 0.987. The smallest absolute Gasteiger partial charge is 0.145 e. The maximum absolute atomic E-state index is 13.1. The van der Waals surface area contributed by atoms with E-state index in [1.165, 1.54) is 6.07 Å². The number of nitrogens with zero attached hydrogens (tertiary/aromatic N) is 1. The van der Waals surface area contributed by atoms with E-state index in [0.29, 0.717) is 6.54 Å². The molecule has 1 aromatic rings. The molecule has 0 aliphatic rings. The lowest BCUT2D eigenvalue weighted by atomic mass is 10.1. The highest BCUT2D eigenvalue weighted by molar-refractivity contribution is 5.42. The Morgan fingerprint density at radius 1 is 1.33 bits per heavy atom. The minimum absolute atomic E-state index is 0.222. The lowest BCUT2D eigenvalue weighted by Gasteiger charge is -1.96. The van der Waals surface area contributed by atoms with Crippen LogP contribution >= 0.6 is 0 Å². The number of hydrogen-bond donors (Lipinski definition) is 1. The Hall–Kier alpha value is -1.91. The minimum atomic E-state index is -0.883. The fourth-order valence-electron chi connectivity index (χ4n) is 0.987. The van der Waals surface area contributed by atoms with Crippen LogP contribution in [0.1, 0.15) is 11.1 Å². The van der Waals surface area contributed by atoms with Gasteiger partial charge in [0.15, 0.2) is 0 Å². The Morgan fingerprint density at radius 2 is 1.93 bits per heavy atom. The Morgan fingerprint density at radius 3 is 2.40 bits per heavy atom. The molecule has 4 heteroatoms. The third-order valence-corrected chi connectivity index (χ3v) is 1.65. The largest absolute Gasteiger partial charge is 0.309 e. The van der Waals surface area contributed by atoms with Crippen molar-refractivity contribution in [2.75, 3.05) is 13.6 Å². The maximum atomic E-state index is 13.1. The van der Waals surface area contributed by atoms with Gasteiger partial charge in [0.25, 0.3) is 0 Å². The van der Waals surface area contributed by atoms with Gasteiger partial charge in [0.05, 0.1) is 6.54 Å². The van der Waals surface area contributed by atoms with Gasteiger partial charge in [0.1, 0.15) is 23.3 Å². The van der Waals surface area contributed by atoms with Crippen LogP contribution in [0.25, 0.3) is 0 Å². The number of rotatable bonds is 1. The Bertz CT molecular complexity index is 441. The van der Waals surface area contributed by atoms with Gasteiger partial charge in [-0.15, -0.1) is 0 Å². The molecular weight excluding hydrogens is 198 g/mol. The lowest BCUT2D eigenvalue weighted by Crippen LogP contribution is -2.04. The summed E-state index contributed by atoms with van der Waals surface area (Å²) < 4.78 is 26.1. The molecule has 0 spiro atoms. The van der Waals surface area contributed by atoms with Gasteiger partial charge in [-0.3, -0.25) is 0 Å². The monoisotopic (exact) mass is 206 g/mol. The van der Waals surface area contributed by atoms with Crippen molar-refractivity contribution < 1.29 is 8.78 Å². The normalized spacial score (nSPS) is 8.93. The lowest BCUT2D eigenvalue weighted by molar-refractivity contribution is 0.576. The van der Waals surface area contributed by atoms with Crippen LogP contribution in [0, 0.1) is 34.8 Å². The number of nitriles is 1. The van der Waals surface area contributed by atoms with Gasteiger partial charge >= 0.3 is 0 Å². The zero-order valence-electron chi connectivity index (χ0n) is 8.06. The zero-order valence-corrected chi connectivity index (χ0v) is 8.06. The van der Waals surface area contributed by atoms with Gasteiger partial charge in [0, 0.05) is 5.56 Å². The third kappa shape index (κ3) is 2.77. The number of nitrogens with one attached hydrogen (secondary N) is 1. The summed E-state index contributed by atoms with van der Waals surface area (Å²) in [5, 5.41) is 11.2. The highest BCUT2D eigenvalue weighted by atomic mass is 19.1. The molecule has 1 N–H and O–H groups in total. The fraction of sp³-hybridized carbons (Fsp3) is 0.182. The second-order valence-corrected chi connectivity index (χ2v) is 2.76. The van der Waals surface area contributed by atoms with Crippen LogP contribution in [0.3, 0.4) is 0 Å². The molecule has 0 aromatic heterocycles. The topological polar surface area (TPSA) is 35.8 Å². The van der Waals surface area contributed by atoms with Crippen molar-refractivity contribution in [2.24, 2.45) is 0 Å². The van der Waals surface area contributed by atoms with Crippen LogP contribution in [-0.2, 0) is 0 Å². The molecule has 0 saturated carbocycles. The molecule has 0 atom stereocenters. The molecule has 0 aliphatic carbocycles. The van der Waals surface area contributed by atoms with Crippen LogP contribution in [0.15, 0.2) is 12.1 Å². The molecule has 0 fully saturated rings. The Labute approximate surface area is 86.5 Å². The van der Waals surface area contributed by atoms with Crippen LogP contribution < -0.4 is 5.32 Å². The van der Waals surface area contributed by atoms with E-state index in [0.717, 1.165) is 12.1 Å². The SMILES string of the molecule is CNCC#Cc1cc(F)c(C#N)c(F)c1. The van der Waals surface area contributed by atoms with E-state index in [-0.39, 0.29) is 5.56 Å². The van der Waals surface area contributed by atoms with Gasteiger partial charge in [-0.05, 0) is 19.2 Å². The first-order valence-corrected chi connectivity index (χ1v) is 4.21. The molecule has 15 heavy (non-hydrogen) atoms. The molecule has 0 aliphatic heterocycles. The Balaban J connectivity index is 3.07. The molecule has 0 bridgehead atoms. The van der Waals surface area contributed by atoms with E-state index in [2.05, 4.69) is 17.2 Å². The third-order valence-electron chi connectivity index (χ3n) is 1.65. The molecular formula is C11H8F2N2. The predicted octanol–water partition coefficient (Wildman–Crippen LogP) is 1.41. The van der Waals surface area contributed by atoms with Crippen LogP contribution in [0.5, 0.6) is 0 Å². The molecule has 76 valence electrons. The molecule has 0 radical (unpaired) electrons. The average Bonchev–Trinajstić information content (AvgIpc) is 2.18. The predicted molar refractivity (Wildman–Crippen MR) is 51.9 cm³/mol. The molecule has 1 aromatic carbocycles. The van der Waals surface area contributed by atoms with Crippen molar-refractivity contribution in [2.45, 2.75) is 0 Å². The summed E-state index contributed by atoms with van der Waals surface area (Å²) in [5.41, 5.74) is -0.353. The van der Waals surface area contributed by atoms with Crippen molar-refractivity contribution >= 4 is 0 Å². The number of halogens is 2.